The molecule has 1 heterocycles. The molecule has 1 saturated heterocycles. The summed E-state index contributed by atoms with van der Waals surface area (Å²) in [6.45, 7) is 5.12. The Kier molecular flexibility index (Phi) is 4.81. The van der Waals surface area contributed by atoms with Crippen LogP contribution < -0.4 is 4.90 Å². The second-order valence-electron chi connectivity index (χ2n) is 6.17. The first-order chi connectivity index (χ1) is 10.2. The zero-order valence-corrected chi connectivity index (χ0v) is 13.2. The van der Waals surface area contributed by atoms with Crippen LogP contribution in [0, 0.1) is 5.92 Å². The Hall–Kier alpha value is -1.06. The third kappa shape index (κ3) is 3.78. The van der Waals surface area contributed by atoms with E-state index in [4.69, 9.17) is 11.6 Å². The molecule has 1 unspecified atom stereocenters. The first kappa shape index (κ1) is 14.9. The molecule has 1 aromatic carbocycles. The standard InChI is InChI=1S/C17H23ClN2O/c18-15-5-7-16(8-6-15)20-11-9-19(10-12-20)13-14-3-1-2-4-17(14)21/h5-8,14H,1-4,9-13H2. The molecule has 0 bridgehead atoms. The predicted molar refractivity (Wildman–Crippen MR) is 87.1 cm³/mol. The minimum atomic E-state index is 0.292. The SMILES string of the molecule is O=C1CCCCC1CN1CCN(c2ccc(Cl)cc2)CC1. The Morgan fingerprint density at radius 2 is 1.76 bits per heavy atom. The lowest BCUT2D eigenvalue weighted by Gasteiger charge is -2.38. The van der Waals surface area contributed by atoms with Gasteiger partial charge in [0.1, 0.15) is 5.78 Å². The number of nitrogens with zero attached hydrogens (tertiary/aromatic N) is 2. The molecule has 4 heteroatoms. The van der Waals surface area contributed by atoms with Gasteiger partial charge in [-0.2, -0.15) is 0 Å². The molecule has 3 nitrogen and oxygen atoms in total. The summed E-state index contributed by atoms with van der Waals surface area (Å²) in [4.78, 5) is 16.8. The van der Waals surface area contributed by atoms with Gasteiger partial charge in [0.25, 0.3) is 0 Å². The minimum absolute atomic E-state index is 0.292. The highest BCUT2D eigenvalue weighted by Gasteiger charge is 2.26. The fourth-order valence-electron chi connectivity index (χ4n) is 3.40. The van der Waals surface area contributed by atoms with E-state index in [-0.39, 0.29) is 0 Å². The first-order valence-electron chi connectivity index (χ1n) is 7.98. The summed E-state index contributed by atoms with van der Waals surface area (Å²) in [5.41, 5.74) is 1.24. The van der Waals surface area contributed by atoms with Gasteiger partial charge in [-0.3, -0.25) is 9.69 Å². The molecule has 0 radical (unpaired) electrons. The highest BCUT2D eigenvalue weighted by molar-refractivity contribution is 6.30. The van der Waals surface area contributed by atoms with E-state index in [1.165, 1.54) is 12.1 Å². The number of anilines is 1. The van der Waals surface area contributed by atoms with Crippen LogP contribution in [-0.4, -0.2) is 43.4 Å². The lowest BCUT2D eigenvalue weighted by molar-refractivity contribution is -0.125. The summed E-state index contributed by atoms with van der Waals surface area (Å²) in [7, 11) is 0. The number of rotatable bonds is 3. The van der Waals surface area contributed by atoms with Crippen LogP contribution in [0.4, 0.5) is 5.69 Å². The number of hydrogen-bond donors (Lipinski definition) is 0. The Morgan fingerprint density at radius 1 is 1.05 bits per heavy atom. The largest absolute Gasteiger partial charge is 0.369 e. The van der Waals surface area contributed by atoms with Gasteiger partial charge in [-0.1, -0.05) is 18.0 Å². The number of halogens is 1. The van der Waals surface area contributed by atoms with Gasteiger partial charge in [0.2, 0.25) is 0 Å². The fraction of sp³-hybridized carbons (Fsp3) is 0.588. The summed E-state index contributed by atoms with van der Waals surface area (Å²) in [5.74, 6) is 0.780. The average Bonchev–Trinajstić information content (AvgIpc) is 2.51. The summed E-state index contributed by atoms with van der Waals surface area (Å²) < 4.78 is 0. The van der Waals surface area contributed by atoms with Gasteiger partial charge in [-0.15, -0.1) is 0 Å². The van der Waals surface area contributed by atoms with E-state index in [1.54, 1.807) is 0 Å². The summed E-state index contributed by atoms with van der Waals surface area (Å²) in [6, 6.07) is 8.07. The molecule has 21 heavy (non-hydrogen) atoms. The lowest BCUT2D eigenvalue weighted by atomic mass is 9.87. The first-order valence-corrected chi connectivity index (χ1v) is 8.36. The van der Waals surface area contributed by atoms with Crippen LogP contribution in [0.3, 0.4) is 0 Å². The van der Waals surface area contributed by atoms with E-state index in [9.17, 15) is 4.79 Å². The molecule has 2 fully saturated rings. The molecule has 0 amide bonds. The van der Waals surface area contributed by atoms with Crippen molar-refractivity contribution in [3.8, 4) is 0 Å². The molecule has 1 saturated carbocycles. The van der Waals surface area contributed by atoms with Gasteiger partial charge in [0.05, 0.1) is 0 Å². The number of carbonyl (C=O) groups excluding carboxylic acids is 1. The van der Waals surface area contributed by atoms with Gasteiger partial charge in [0, 0.05) is 55.8 Å². The topological polar surface area (TPSA) is 23.6 Å². The van der Waals surface area contributed by atoms with E-state index in [0.717, 1.165) is 57.0 Å². The average molecular weight is 307 g/mol. The normalized spacial score (nSPS) is 24.3. The summed E-state index contributed by atoms with van der Waals surface area (Å²) >= 11 is 5.94. The molecule has 2 aliphatic rings. The van der Waals surface area contributed by atoms with Crippen LogP contribution >= 0.6 is 11.6 Å². The molecule has 3 rings (SSSR count). The van der Waals surface area contributed by atoms with E-state index >= 15 is 0 Å². The van der Waals surface area contributed by atoms with Crippen molar-refractivity contribution in [2.45, 2.75) is 25.7 Å². The molecule has 1 aliphatic heterocycles. The molecule has 114 valence electrons. The highest BCUT2D eigenvalue weighted by atomic mass is 35.5. The van der Waals surface area contributed by atoms with Crippen molar-refractivity contribution in [3.63, 3.8) is 0 Å². The van der Waals surface area contributed by atoms with Crippen LogP contribution in [0.2, 0.25) is 5.02 Å². The van der Waals surface area contributed by atoms with Crippen molar-refractivity contribution < 1.29 is 4.79 Å². The number of hydrogen-bond acceptors (Lipinski definition) is 3. The molecule has 0 N–H and O–H groups in total. The molecule has 0 aromatic heterocycles. The highest BCUT2D eigenvalue weighted by Crippen LogP contribution is 2.23. The maximum absolute atomic E-state index is 11.9. The zero-order chi connectivity index (χ0) is 14.7. The Balaban J connectivity index is 1.50. The van der Waals surface area contributed by atoms with Crippen molar-refractivity contribution in [1.29, 1.82) is 0 Å². The van der Waals surface area contributed by atoms with Gasteiger partial charge < -0.3 is 4.90 Å². The second-order valence-corrected chi connectivity index (χ2v) is 6.61. The van der Waals surface area contributed by atoms with Gasteiger partial charge in [-0.25, -0.2) is 0 Å². The maximum Gasteiger partial charge on any atom is 0.137 e. The van der Waals surface area contributed by atoms with E-state index < -0.39 is 0 Å². The lowest BCUT2D eigenvalue weighted by Crippen LogP contribution is -2.48. The van der Waals surface area contributed by atoms with Crippen molar-refractivity contribution in [3.05, 3.63) is 29.3 Å². The molecular formula is C17H23ClN2O. The number of carbonyl (C=O) groups is 1. The van der Waals surface area contributed by atoms with E-state index in [1.807, 2.05) is 12.1 Å². The van der Waals surface area contributed by atoms with Gasteiger partial charge in [0.15, 0.2) is 0 Å². The zero-order valence-electron chi connectivity index (χ0n) is 12.4. The van der Waals surface area contributed by atoms with Crippen LogP contribution in [0.25, 0.3) is 0 Å². The number of piperazine rings is 1. The van der Waals surface area contributed by atoms with Crippen molar-refractivity contribution in [2.75, 3.05) is 37.6 Å². The third-order valence-electron chi connectivity index (χ3n) is 4.72. The monoisotopic (exact) mass is 306 g/mol. The third-order valence-corrected chi connectivity index (χ3v) is 4.98. The second kappa shape index (κ2) is 6.80. The fourth-order valence-corrected chi connectivity index (χ4v) is 3.53. The molecule has 1 atom stereocenters. The number of ketones is 1. The van der Waals surface area contributed by atoms with Crippen molar-refractivity contribution >= 4 is 23.1 Å². The Bertz CT molecular complexity index is 480. The summed E-state index contributed by atoms with van der Waals surface area (Å²) in [6.07, 6.45) is 4.21. The summed E-state index contributed by atoms with van der Waals surface area (Å²) in [5, 5.41) is 0.785. The number of benzene rings is 1. The van der Waals surface area contributed by atoms with Gasteiger partial charge >= 0.3 is 0 Å². The molecule has 1 aliphatic carbocycles. The van der Waals surface area contributed by atoms with Crippen LogP contribution in [-0.2, 0) is 4.79 Å². The van der Waals surface area contributed by atoms with E-state index in [2.05, 4.69) is 21.9 Å². The molecular weight excluding hydrogens is 284 g/mol. The Labute approximate surface area is 131 Å². The van der Waals surface area contributed by atoms with Crippen LogP contribution in [0.1, 0.15) is 25.7 Å². The minimum Gasteiger partial charge on any atom is -0.369 e. The van der Waals surface area contributed by atoms with Crippen LogP contribution in [0.5, 0.6) is 0 Å². The number of Topliss-reactive ketones (excluding diaryl/α,β-unsaturated/α-hetero) is 1. The van der Waals surface area contributed by atoms with Crippen molar-refractivity contribution in [1.82, 2.24) is 4.90 Å². The van der Waals surface area contributed by atoms with Crippen LogP contribution in [0.15, 0.2) is 24.3 Å². The smallest absolute Gasteiger partial charge is 0.137 e. The van der Waals surface area contributed by atoms with Gasteiger partial charge in [-0.05, 0) is 37.1 Å². The quantitative estimate of drug-likeness (QED) is 0.856. The molecule has 1 aromatic rings. The maximum atomic E-state index is 11.9. The molecule has 0 spiro atoms. The Morgan fingerprint density at radius 3 is 2.43 bits per heavy atom. The predicted octanol–water partition coefficient (Wildman–Crippen LogP) is 3.22. The van der Waals surface area contributed by atoms with Crippen molar-refractivity contribution in [2.24, 2.45) is 5.92 Å². The van der Waals surface area contributed by atoms with E-state index in [0.29, 0.717) is 11.7 Å².